The minimum atomic E-state index is -0.361. The first-order valence-electron chi connectivity index (χ1n) is 13.9. The van der Waals surface area contributed by atoms with Crippen molar-refractivity contribution >= 4 is 16.6 Å². The number of benzene rings is 2. The molecule has 0 amide bonds. The molecule has 1 N–H and O–H groups in total. The lowest BCUT2D eigenvalue weighted by Gasteiger charge is -2.40. The van der Waals surface area contributed by atoms with E-state index in [2.05, 4.69) is 62.4 Å². The Morgan fingerprint density at radius 1 is 1.00 bits per heavy atom. The van der Waals surface area contributed by atoms with Gasteiger partial charge >= 0.3 is 0 Å². The van der Waals surface area contributed by atoms with Gasteiger partial charge in [-0.15, -0.1) is 5.10 Å². The molecule has 0 spiro atoms. The number of ether oxygens (including phenoxy) is 2. The van der Waals surface area contributed by atoms with E-state index < -0.39 is 0 Å². The van der Waals surface area contributed by atoms with E-state index in [0.29, 0.717) is 17.1 Å². The summed E-state index contributed by atoms with van der Waals surface area (Å²) in [6, 6.07) is 12.1. The van der Waals surface area contributed by atoms with E-state index in [1.54, 1.807) is 0 Å². The molecular weight excluding hydrogens is 494 g/mol. The fourth-order valence-electron chi connectivity index (χ4n) is 6.40. The van der Waals surface area contributed by atoms with Gasteiger partial charge in [-0.3, -0.25) is 9.69 Å². The van der Waals surface area contributed by atoms with Gasteiger partial charge in [-0.1, -0.05) is 25.0 Å². The average Bonchev–Trinajstić information content (AvgIpc) is 3.72. The Bertz CT molecular complexity index is 1580. The predicted octanol–water partition coefficient (Wildman–Crippen LogP) is 3.89. The number of nitrogens with zero attached hydrogens (tertiary/aromatic N) is 6. The van der Waals surface area contributed by atoms with Crippen molar-refractivity contribution in [3.63, 3.8) is 0 Å². The molecule has 2 fully saturated rings. The maximum atomic E-state index is 13.7. The van der Waals surface area contributed by atoms with Crippen LogP contribution in [-0.2, 0) is 0 Å². The number of fused-ring (bicyclic) bond motifs is 2. The van der Waals surface area contributed by atoms with Crippen molar-refractivity contribution < 1.29 is 9.47 Å². The van der Waals surface area contributed by atoms with Crippen LogP contribution in [0.3, 0.4) is 0 Å². The monoisotopic (exact) mass is 527 g/mol. The number of H-pyrrole nitrogens is 1. The minimum Gasteiger partial charge on any atom is -0.454 e. The van der Waals surface area contributed by atoms with Gasteiger partial charge in [-0.25, -0.2) is 4.68 Å². The van der Waals surface area contributed by atoms with E-state index in [9.17, 15) is 4.79 Å². The molecule has 1 saturated heterocycles. The minimum absolute atomic E-state index is 0.135. The number of aromatic nitrogens is 5. The molecule has 4 aromatic rings. The molecule has 1 saturated carbocycles. The third kappa shape index (κ3) is 4.23. The topological polar surface area (TPSA) is 101 Å². The van der Waals surface area contributed by atoms with Crippen LogP contribution < -0.4 is 19.9 Å². The Kier molecular flexibility index (Phi) is 5.99. The fourth-order valence-corrected chi connectivity index (χ4v) is 6.40. The zero-order chi connectivity index (χ0) is 26.5. The summed E-state index contributed by atoms with van der Waals surface area (Å²) in [4.78, 5) is 21.6. The summed E-state index contributed by atoms with van der Waals surface area (Å²) in [5.74, 6) is 2.08. The van der Waals surface area contributed by atoms with E-state index in [0.717, 1.165) is 55.7 Å². The van der Waals surface area contributed by atoms with Gasteiger partial charge in [0.15, 0.2) is 17.3 Å². The van der Waals surface area contributed by atoms with Crippen LogP contribution in [0.15, 0.2) is 41.2 Å². The van der Waals surface area contributed by atoms with E-state index in [1.807, 2.05) is 22.9 Å². The maximum Gasteiger partial charge on any atom is 0.253 e. The lowest BCUT2D eigenvalue weighted by molar-refractivity contribution is 0.174. The fraction of sp³-hybridized carbons (Fsp3) is 0.448. The van der Waals surface area contributed by atoms with Crippen molar-refractivity contribution in [2.45, 2.75) is 51.6 Å². The highest BCUT2D eigenvalue weighted by atomic mass is 16.7. The first-order chi connectivity index (χ1) is 19.1. The lowest BCUT2D eigenvalue weighted by Crippen LogP contribution is -2.49. The van der Waals surface area contributed by atoms with Gasteiger partial charge in [0, 0.05) is 48.9 Å². The Labute approximate surface area is 226 Å². The summed E-state index contributed by atoms with van der Waals surface area (Å²) < 4.78 is 13.1. The SMILES string of the molecule is Cc1cccc(N2CCN([C@@H](c3cc4cc5c(cc4[nH]c3=O)OCO5)c3nnnn3C3CCCC3)CC2)c1C. The average molecular weight is 528 g/mol. The number of tetrazole rings is 1. The van der Waals surface area contributed by atoms with Crippen LogP contribution >= 0.6 is 0 Å². The Balaban J connectivity index is 1.28. The quantitative estimate of drug-likeness (QED) is 0.417. The second-order valence-electron chi connectivity index (χ2n) is 10.9. The molecule has 7 rings (SSSR count). The van der Waals surface area contributed by atoms with Gasteiger partial charge in [0.2, 0.25) is 6.79 Å². The summed E-state index contributed by atoms with van der Waals surface area (Å²) in [5.41, 5.74) is 5.13. The molecule has 39 heavy (non-hydrogen) atoms. The van der Waals surface area contributed by atoms with Crippen molar-refractivity contribution in [3.05, 3.63) is 69.3 Å². The molecule has 2 aromatic heterocycles. The van der Waals surface area contributed by atoms with E-state index in [1.165, 1.54) is 29.7 Å². The lowest BCUT2D eigenvalue weighted by atomic mass is 10.0. The number of hydrogen-bond acceptors (Lipinski definition) is 8. The largest absolute Gasteiger partial charge is 0.454 e. The second kappa shape index (κ2) is 9.68. The second-order valence-corrected chi connectivity index (χ2v) is 10.9. The molecule has 10 nitrogen and oxygen atoms in total. The third-order valence-corrected chi connectivity index (χ3v) is 8.69. The molecule has 3 aliphatic rings. The molecule has 0 radical (unpaired) electrons. The highest BCUT2D eigenvalue weighted by molar-refractivity contribution is 5.83. The number of aromatic amines is 1. The van der Waals surface area contributed by atoms with Crippen molar-refractivity contribution in [1.29, 1.82) is 0 Å². The number of anilines is 1. The summed E-state index contributed by atoms with van der Waals surface area (Å²) >= 11 is 0. The first-order valence-corrected chi connectivity index (χ1v) is 13.9. The molecule has 10 heteroatoms. The highest BCUT2D eigenvalue weighted by Gasteiger charge is 2.35. The molecular formula is C29H33N7O3. The van der Waals surface area contributed by atoms with Gasteiger partial charge in [0.1, 0.15) is 6.04 Å². The number of nitrogens with one attached hydrogen (secondary N) is 1. The van der Waals surface area contributed by atoms with Gasteiger partial charge in [0.05, 0.1) is 11.6 Å². The Morgan fingerprint density at radius 2 is 1.77 bits per heavy atom. The zero-order valence-electron chi connectivity index (χ0n) is 22.4. The van der Waals surface area contributed by atoms with Gasteiger partial charge in [-0.2, -0.15) is 0 Å². The molecule has 202 valence electrons. The first kappa shape index (κ1) is 24.1. The van der Waals surface area contributed by atoms with Gasteiger partial charge in [0.25, 0.3) is 5.56 Å². The summed E-state index contributed by atoms with van der Waals surface area (Å²) in [6.07, 6.45) is 4.46. The number of hydrogen-bond donors (Lipinski definition) is 1. The summed E-state index contributed by atoms with van der Waals surface area (Å²) in [5, 5.41) is 14.0. The van der Waals surface area contributed by atoms with Crippen molar-refractivity contribution in [1.82, 2.24) is 30.1 Å². The van der Waals surface area contributed by atoms with Crippen molar-refractivity contribution in [2.24, 2.45) is 0 Å². The third-order valence-electron chi connectivity index (χ3n) is 8.69. The smallest absolute Gasteiger partial charge is 0.253 e. The number of piperazine rings is 1. The molecule has 4 heterocycles. The predicted molar refractivity (Wildman–Crippen MR) is 148 cm³/mol. The molecule has 1 aliphatic carbocycles. The Morgan fingerprint density at radius 3 is 2.56 bits per heavy atom. The van der Waals surface area contributed by atoms with Crippen LogP contribution in [0.2, 0.25) is 0 Å². The van der Waals surface area contributed by atoms with Crippen molar-refractivity contribution in [2.75, 3.05) is 37.9 Å². The molecule has 0 bridgehead atoms. The molecule has 2 aromatic carbocycles. The standard InChI is InChI=1S/C29H33N7O3/c1-18-6-5-9-24(19(18)2)34-10-12-35(13-11-34)27(28-31-32-33-36(28)21-7-3-4-8-21)22-14-20-15-25-26(39-17-38-25)16-23(20)30-29(22)37/h5-6,9,14-16,21,27H,3-4,7-8,10-13,17H2,1-2H3,(H,30,37)/t27-/m0/s1. The summed E-state index contributed by atoms with van der Waals surface area (Å²) in [6.45, 7) is 7.82. The van der Waals surface area contributed by atoms with Crippen LogP contribution in [0, 0.1) is 13.8 Å². The van der Waals surface area contributed by atoms with E-state index in [-0.39, 0.29) is 24.4 Å². The number of aryl methyl sites for hydroxylation is 1. The highest BCUT2D eigenvalue weighted by Crippen LogP contribution is 2.38. The normalized spacial score (nSPS) is 18.8. The van der Waals surface area contributed by atoms with Crippen LogP contribution in [0.4, 0.5) is 5.69 Å². The van der Waals surface area contributed by atoms with Crippen molar-refractivity contribution in [3.8, 4) is 11.5 Å². The molecule has 2 aliphatic heterocycles. The number of rotatable bonds is 5. The molecule has 1 atom stereocenters. The number of pyridine rings is 1. The van der Waals surface area contributed by atoms with Crippen LogP contribution in [0.5, 0.6) is 11.5 Å². The van der Waals surface area contributed by atoms with Crippen LogP contribution in [-0.4, -0.2) is 63.1 Å². The van der Waals surface area contributed by atoms with Crippen LogP contribution in [0.25, 0.3) is 10.9 Å². The van der Waals surface area contributed by atoms with Crippen LogP contribution in [0.1, 0.15) is 60.3 Å². The zero-order valence-corrected chi connectivity index (χ0v) is 22.4. The van der Waals surface area contributed by atoms with E-state index in [4.69, 9.17) is 9.47 Å². The Hall–Kier alpha value is -3.92. The summed E-state index contributed by atoms with van der Waals surface area (Å²) in [7, 11) is 0. The maximum absolute atomic E-state index is 13.7. The van der Waals surface area contributed by atoms with E-state index >= 15 is 0 Å². The van der Waals surface area contributed by atoms with Gasteiger partial charge in [-0.05, 0) is 66.4 Å². The van der Waals surface area contributed by atoms with Gasteiger partial charge < -0.3 is 19.4 Å². The molecule has 0 unspecified atom stereocenters.